The number of aromatic nitrogens is 1. The molecule has 1 aromatic carbocycles. The summed E-state index contributed by atoms with van der Waals surface area (Å²) < 4.78 is 7.19. The number of allylic oxidation sites excluding steroid dienone is 1. The third-order valence-electron chi connectivity index (χ3n) is 10.2. The van der Waals surface area contributed by atoms with Crippen molar-refractivity contribution in [3.05, 3.63) is 65.5 Å². The van der Waals surface area contributed by atoms with E-state index in [1.165, 1.54) is 34.8 Å². The summed E-state index contributed by atoms with van der Waals surface area (Å²) >= 11 is 0. The van der Waals surface area contributed by atoms with Crippen LogP contribution in [0.1, 0.15) is 63.9 Å². The SMILES string of the molecule is CC1CC23CCC4(O2)C(=CCC2(C)C(c5ccc6ccncc6c5)CCC42)C=C3C(O)C1O. The molecule has 2 N–H and O–H groups in total. The fourth-order valence-corrected chi connectivity index (χ4v) is 8.58. The van der Waals surface area contributed by atoms with Crippen LogP contribution in [0.15, 0.2) is 60.0 Å². The zero-order chi connectivity index (χ0) is 22.6. The minimum atomic E-state index is -0.818. The van der Waals surface area contributed by atoms with Gasteiger partial charge in [-0.3, -0.25) is 4.98 Å². The standard InChI is InChI=1S/C29H33NO3/c1-17-15-28-10-11-29(33-28)21(14-23(28)26(32)25(17)31)7-9-27(2)22(5-6-24(27)29)19-4-3-18-8-12-30-16-20(18)13-19/h3-4,7-8,12-14,16-17,22,24-26,31-32H,5-6,9-11,15H2,1-2H3. The first kappa shape index (κ1) is 20.4. The number of pyridine rings is 1. The summed E-state index contributed by atoms with van der Waals surface area (Å²) in [6.07, 6.45) is 13.1. The summed E-state index contributed by atoms with van der Waals surface area (Å²) in [5, 5.41) is 24.0. The lowest BCUT2D eigenvalue weighted by Crippen LogP contribution is -2.57. The van der Waals surface area contributed by atoms with Crippen molar-refractivity contribution in [3.8, 4) is 0 Å². The number of aliphatic hydroxyl groups excluding tert-OH is 2. The van der Waals surface area contributed by atoms with E-state index in [-0.39, 0.29) is 16.9 Å². The van der Waals surface area contributed by atoms with Crippen molar-refractivity contribution < 1.29 is 14.9 Å². The molecule has 8 unspecified atom stereocenters. The van der Waals surface area contributed by atoms with Gasteiger partial charge in [0.2, 0.25) is 0 Å². The lowest BCUT2D eigenvalue weighted by atomic mass is 9.58. The predicted octanol–water partition coefficient (Wildman–Crippen LogP) is 5.05. The molecular formula is C29H33NO3. The Bertz CT molecular complexity index is 1220. The molecule has 0 amide bonds. The summed E-state index contributed by atoms with van der Waals surface area (Å²) in [5.74, 6) is 1.01. The quantitative estimate of drug-likeness (QED) is 0.647. The van der Waals surface area contributed by atoms with Crippen LogP contribution in [0.3, 0.4) is 0 Å². The van der Waals surface area contributed by atoms with Crippen molar-refractivity contribution in [2.24, 2.45) is 17.3 Å². The van der Waals surface area contributed by atoms with Crippen molar-refractivity contribution in [2.75, 3.05) is 0 Å². The minimum absolute atomic E-state index is 0.0374. The highest BCUT2D eigenvalue weighted by Gasteiger charge is 2.67. The van der Waals surface area contributed by atoms with E-state index in [4.69, 9.17) is 4.74 Å². The number of hydrogen-bond acceptors (Lipinski definition) is 4. The number of aliphatic hydroxyl groups is 2. The Kier molecular flexibility index (Phi) is 4.05. The number of ether oxygens (including phenoxy) is 1. The van der Waals surface area contributed by atoms with Crippen molar-refractivity contribution >= 4 is 10.8 Å². The molecule has 172 valence electrons. The molecule has 2 spiro atoms. The van der Waals surface area contributed by atoms with E-state index in [0.29, 0.717) is 11.8 Å². The van der Waals surface area contributed by atoms with E-state index in [2.05, 4.69) is 48.3 Å². The summed E-state index contributed by atoms with van der Waals surface area (Å²) in [6, 6.07) is 9.02. The van der Waals surface area contributed by atoms with Gasteiger partial charge in [-0.25, -0.2) is 0 Å². The second-order valence-corrected chi connectivity index (χ2v) is 11.7. The highest BCUT2D eigenvalue weighted by atomic mass is 16.5. The highest BCUT2D eigenvalue weighted by molar-refractivity contribution is 5.82. The summed E-state index contributed by atoms with van der Waals surface area (Å²) in [7, 11) is 0. The van der Waals surface area contributed by atoms with Crippen LogP contribution in [0.25, 0.3) is 10.8 Å². The molecule has 33 heavy (non-hydrogen) atoms. The number of benzene rings is 1. The van der Waals surface area contributed by atoms with Gasteiger partial charge in [-0.05, 0) is 95.9 Å². The Balaban J connectivity index is 1.31. The largest absolute Gasteiger partial charge is 0.390 e. The van der Waals surface area contributed by atoms with E-state index in [9.17, 15) is 10.2 Å². The Morgan fingerprint density at radius 3 is 2.85 bits per heavy atom. The van der Waals surface area contributed by atoms with Crippen molar-refractivity contribution in [2.45, 2.75) is 81.7 Å². The lowest BCUT2D eigenvalue weighted by Gasteiger charge is -2.55. The average molecular weight is 444 g/mol. The van der Waals surface area contributed by atoms with Gasteiger partial charge in [0.1, 0.15) is 6.10 Å². The minimum Gasteiger partial charge on any atom is -0.390 e. The smallest absolute Gasteiger partial charge is 0.104 e. The number of rotatable bonds is 1. The molecule has 3 fully saturated rings. The second-order valence-electron chi connectivity index (χ2n) is 11.7. The molecular weight excluding hydrogens is 410 g/mol. The molecule has 2 saturated carbocycles. The molecule has 3 heterocycles. The molecule has 1 saturated heterocycles. The molecule has 3 aliphatic carbocycles. The van der Waals surface area contributed by atoms with Gasteiger partial charge in [-0.15, -0.1) is 0 Å². The van der Waals surface area contributed by atoms with Crippen molar-refractivity contribution in [1.29, 1.82) is 0 Å². The van der Waals surface area contributed by atoms with Crippen LogP contribution in [-0.2, 0) is 4.74 Å². The maximum atomic E-state index is 10.9. The Labute approximate surface area is 195 Å². The number of fused-ring (bicyclic) bond motifs is 2. The van der Waals surface area contributed by atoms with Gasteiger partial charge >= 0.3 is 0 Å². The molecule has 4 nitrogen and oxygen atoms in total. The fraction of sp³-hybridized carbons (Fsp3) is 0.552. The third-order valence-corrected chi connectivity index (χ3v) is 10.2. The van der Waals surface area contributed by atoms with Crippen LogP contribution in [0, 0.1) is 17.3 Å². The Hall–Kier alpha value is -2.01. The van der Waals surface area contributed by atoms with Crippen molar-refractivity contribution in [1.82, 2.24) is 4.98 Å². The monoisotopic (exact) mass is 443 g/mol. The molecule has 4 heteroatoms. The zero-order valence-electron chi connectivity index (χ0n) is 19.5. The van der Waals surface area contributed by atoms with E-state index in [1.807, 2.05) is 19.3 Å². The molecule has 2 aliphatic heterocycles. The fourth-order valence-electron chi connectivity index (χ4n) is 8.58. The molecule has 0 radical (unpaired) electrons. The van der Waals surface area contributed by atoms with Gasteiger partial charge in [0.15, 0.2) is 0 Å². The second kappa shape index (κ2) is 6.56. The number of nitrogens with zero attached hydrogens (tertiary/aromatic N) is 1. The van der Waals surface area contributed by atoms with Crippen LogP contribution < -0.4 is 0 Å². The number of hydrogen-bond donors (Lipinski definition) is 2. The Morgan fingerprint density at radius 1 is 1.09 bits per heavy atom. The van der Waals surface area contributed by atoms with E-state index >= 15 is 0 Å². The summed E-state index contributed by atoms with van der Waals surface area (Å²) in [6.45, 7) is 4.53. The normalized spacial score (nSPS) is 45.8. The molecule has 1 aromatic heterocycles. The lowest BCUT2D eigenvalue weighted by molar-refractivity contribution is -0.162. The molecule has 5 aliphatic rings. The topological polar surface area (TPSA) is 62.6 Å². The summed E-state index contributed by atoms with van der Waals surface area (Å²) in [5.41, 5.74) is 3.11. The van der Waals surface area contributed by atoms with Gasteiger partial charge in [-0.1, -0.05) is 38.1 Å². The molecule has 2 bridgehead atoms. The third kappa shape index (κ3) is 2.50. The van der Waals surface area contributed by atoms with Crippen LogP contribution in [0.5, 0.6) is 0 Å². The zero-order valence-corrected chi connectivity index (χ0v) is 19.5. The van der Waals surface area contributed by atoms with Gasteiger partial charge < -0.3 is 14.9 Å². The molecule has 8 atom stereocenters. The average Bonchev–Trinajstić information content (AvgIpc) is 3.33. The van der Waals surface area contributed by atoms with Crippen molar-refractivity contribution in [3.63, 3.8) is 0 Å². The van der Waals surface area contributed by atoms with E-state index < -0.39 is 17.8 Å². The van der Waals surface area contributed by atoms with Gasteiger partial charge in [0, 0.05) is 17.8 Å². The van der Waals surface area contributed by atoms with E-state index in [0.717, 1.165) is 31.3 Å². The first-order valence-corrected chi connectivity index (χ1v) is 12.7. The molecule has 2 aromatic rings. The first-order chi connectivity index (χ1) is 15.9. The highest BCUT2D eigenvalue weighted by Crippen LogP contribution is 2.69. The first-order valence-electron chi connectivity index (χ1n) is 12.7. The van der Waals surface area contributed by atoms with Gasteiger partial charge in [0.25, 0.3) is 0 Å². The van der Waals surface area contributed by atoms with Gasteiger partial charge in [-0.2, -0.15) is 0 Å². The van der Waals surface area contributed by atoms with Crippen LogP contribution in [-0.4, -0.2) is 38.6 Å². The van der Waals surface area contributed by atoms with Crippen LogP contribution in [0.4, 0.5) is 0 Å². The van der Waals surface area contributed by atoms with Gasteiger partial charge in [0.05, 0.1) is 17.3 Å². The maximum absolute atomic E-state index is 10.9. The van der Waals surface area contributed by atoms with Crippen LogP contribution in [0.2, 0.25) is 0 Å². The van der Waals surface area contributed by atoms with E-state index in [1.54, 1.807) is 0 Å². The predicted molar refractivity (Wildman–Crippen MR) is 128 cm³/mol. The van der Waals surface area contributed by atoms with Crippen LogP contribution >= 0.6 is 0 Å². The summed E-state index contributed by atoms with van der Waals surface area (Å²) in [4.78, 5) is 4.34. The molecule has 7 rings (SSSR count). The Morgan fingerprint density at radius 2 is 1.97 bits per heavy atom. The maximum Gasteiger partial charge on any atom is 0.104 e.